The van der Waals surface area contributed by atoms with Crippen molar-refractivity contribution in [3.8, 4) is 5.95 Å². The minimum absolute atomic E-state index is 0.0237. The van der Waals surface area contributed by atoms with Crippen LogP contribution in [-0.4, -0.2) is 7.11 Å². The van der Waals surface area contributed by atoms with Crippen LogP contribution in [0, 0.1) is 19.8 Å². The predicted octanol–water partition coefficient (Wildman–Crippen LogP) is 4.66. The quantitative estimate of drug-likeness (QED) is 0.740. The standard InChI is InChI=1S/C18H26O3/c1-8-11(2)9-12(3)10-13(4)17-14(5)16(19)15(6)18(20-7)21-17/h9-11H,8H2,1-7H3. The monoisotopic (exact) mass is 290 g/mol. The Morgan fingerprint density at radius 1 is 1.29 bits per heavy atom. The maximum absolute atomic E-state index is 12.2. The molecule has 0 amide bonds. The lowest BCUT2D eigenvalue weighted by Crippen LogP contribution is -2.12. The van der Waals surface area contributed by atoms with Gasteiger partial charge in [-0.1, -0.05) is 38.0 Å². The number of methoxy groups -OCH3 is 1. The fraction of sp³-hybridized carbons (Fsp3) is 0.500. The first kappa shape index (κ1) is 17.3. The lowest BCUT2D eigenvalue weighted by atomic mass is 10.0. The third-order valence-corrected chi connectivity index (χ3v) is 3.70. The molecule has 0 bridgehead atoms. The summed E-state index contributed by atoms with van der Waals surface area (Å²) >= 11 is 0. The Labute approximate surface area is 127 Å². The molecular formula is C18H26O3. The number of hydrogen-bond acceptors (Lipinski definition) is 3. The van der Waals surface area contributed by atoms with Crippen LogP contribution in [0.25, 0.3) is 5.57 Å². The highest BCUT2D eigenvalue weighted by molar-refractivity contribution is 5.65. The molecule has 0 aliphatic rings. The molecular weight excluding hydrogens is 264 g/mol. The van der Waals surface area contributed by atoms with Gasteiger partial charge in [-0.05, 0) is 39.2 Å². The van der Waals surface area contributed by atoms with E-state index in [0.29, 0.717) is 22.8 Å². The van der Waals surface area contributed by atoms with Gasteiger partial charge in [-0.3, -0.25) is 4.79 Å². The van der Waals surface area contributed by atoms with Gasteiger partial charge in [0, 0.05) is 5.56 Å². The molecule has 1 aromatic heterocycles. The van der Waals surface area contributed by atoms with Crippen molar-refractivity contribution in [1.29, 1.82) is 0 Å². The maximum atomic E-state index is 12.2. The molecule has 1 rings (SSSR count). The number of ether oxygens (including phenoxy) is 1. The van der Waals surface area contributed by atoms with Gasteiger partial charge in [0.1, 0.15) is 5.76 Å². The van der Waals surface area contributed by atoms with E-state index in [4.69, 9.17) is 9.15 Å². The molecule has 3 nitrogen and oxygen atoms in total. The molecule has 0 saturated carbocycles. The van der Waals surface area contributed by atoms with E-state index in [-0.39, 0.29) is 11.4 Å². The molecule has 21 heavy (non-hydrogen) atoms. The zero-order valence-electron chi connectivity index (χ0n) is 14.2. The minimum Gasteiger partial charge on any atom is -0.468 e. The van der Waals surface area contributed by atoms with Crippen LogP contribution in [0.2, 0.25) is 0 Å². The van der Waals surface area contributed by atoms with Gasteiger partial charge in [0.05, 0.1) is 12.7 Å². The zero-order chi connectivity index (χ0) is 16.2. The van der Waals surface area contributed by atoms with Crippen LogP contribution in [0.4, 0.5) is 0 Å². The molecule has 0 aliphatic carbocycles. The van der Waals surface area contributed by atoms with Gasteiger partial charge in [-0.15, -0.1) is 0 Å². The molecule has 0 fully saturated rings. The van der Waals surface area contributed by atoms with Crippen molar-refractivity contribution >= 4 is 5.57 Å². The first-order chi connectivity index (χ1) is 9.81. The topological polar surface area (TPSA) is 39.4 Å². The van der Waals surface area contributed by atoms with Crippen LogP contribution in [0.15, 0.2) is 26.9 Å². The Morgan fingerprint density at radius 3 is 2.43 bits per heavy atom. The molecule has 1 aromatic rings. The van der Waals surface area contributed by atoms with E-state index in [1.807, 2.05) is 13.0 Å². The molecule has 1 unspecified atom stereocenters. The average Bonchev–Trinajstić information content (AvgIpc) is 2.44. The van der Waals surface area contributed by atoms with Crippen molar-refractivity contribution in [2.45, 2.75) is 48.0 Å². The summed E-state index contributed by atoms with van der Waals surface area (Å²) in [6.45, 7) is 11.9. The summed E-state index contributed by atoms with van der Waals surface area (Å²) in [7, 11) is 1.51. The fourth-order valence-corrected chi connectivity index (χ4v) is 2.32. The molecule has 0 N–H and O–H groups in total. The van der Waals surface area contributed by atoms with Crippen LogP contribution in [-0.2, 0) is 0 Å². The normalized spacial score (nSPS) is 14.2. The molecule has 116 valence electrons. The van der Waals surface area contributed by atoms with Crippen molar-refractivity contribution in [3.63, 3.8) is 0 Å². The van der Waals surface area contributed by atoms with Gasteiger partial charge in [0.15, 0.2) is 5.43 Å². The van der Waals surface area contributed by atoms with Crippen LogP contribution < -0.4 is 10.2 Å². The summed E-state index contributed by atoms with van der Waals surface area (Å²) < 4.78 is 10.9. The van der Waals surface area contributed by atoms with Gasteiger partial charge < -0.3 is 9.15 Å². The highest BCUT2D eigenvalue weighted by Crippen LogP contribution is 2.25. The molecule has 0 aliphatic heterocycles. The number of rotatable bonds is 5. The average molecular weight is 290 g/mol. The van der Waals surface area contributed by atoms with E-state index in [1.165, 1.54) is 12.7 Å². The summed E-state index contributed by atoms with van der Waals surface area (Å²) in [4.78, 5) is 12.2. The number of hydrogen-bond donors (Lipinski definition) is 0. The Hall–Kier alpha value is -1.77. The van der Waals surface area contributed by atoms with Gasteiger partial charge in [-0.25, -0.2) is 0 Å². The van der Waals surface area contributed by atoms with Gasteiger partial charge in [0.25, 0.3) is 5.95 Å². The molecule has 0 saturated heterocycles. The summed E-state index contributed by atoms with van der Waals surface area (Å²) in [5.41, 5.74) is 3.21. The van der Waals surface area contributed by atoms with Crippen LogP contribution in [0.3, 0.4) is 0 Å². The summed E-state index contributed by atoms with van der Waals surface area (Å²) in [6, 6.07) is 0. The zero-order valence-corrected chi connectivity index (χ0v) is 14.2. The maximum Gasteiger partial charge on any atom is 0.291 e. The molecule has 0 spiro atoms. The largest absolute Gasteiger partial charge is 0.468 e. The number of allylic oxidation sites excluding steroid dienone is 4. The summed E-state index contributed by atoms with van der Waals surface area (Å²) in [5.74, 6) is 1.42. The Bertz CT molecular complexity index is 618. The molecule has 1 heterocycles. The van der Waals surface area contributed by atoms with E-state index < -0.39 is 0 Å². The fourth-order valence-electron chi connectivity index (χ4n) is 2.32. The Balaban J connectivity index is 3.31. The van der Waals surface area contributed by atoms with Crippen LogP contribution in [0.5, 0.6) is 5.95 Å². The minimum atomic E-state index is -0.0237. The van der Waals surface area contributed by atoms with Crippen molar-refractivity contribution < 1.29 is 9.15 Å². The van der Waals surface area contributed by atoms with E-state index in [2.05, 4.69) is 26.8 Å². The van der Waals surface area contributed by atoms with Crippen LogP contribution in [0.1, 0.15) is 51.0 Å². The molecule has 0 radical (unpaired) electrons. The van der Waals surface area contributed by atoms with Gasteiger partial charge >= 0.3 is 0 Å². The summed E-state index contributed by atoms with van der Waals surface area (Å²) in [6.07, 6.45) is 5.38. The van der Waals surface area contributed by atoms with Crippen molar-refractivity contribution in [1.82, 2.24) is 0 Å². The third kappa shape index (κ3) is 4.10. The van der Waals surface area contributed by atoms with Crippen molar-refractivity contribution in [2.24, 2.45) is 5.92 Å². The SMILES string of the molecule is CCC(C)C=C(C)C=C(C)c1oc(OC)c(C)c(=O)c1C. The lowest BCUT2D eigenvalue weighted by molar-refractivity contribution is 0.288. The van der Waals surface area contributed by atoms with E-state index >= 15 is 0 Å². The smallest absolute Gasteiger partial charge is 0.291 e. The first-order valence-corrected chi connectivity index (χ1v) is 7.37. The van der Waals surface area contributed by atoms with E-state index in [0.717, 1.165) is 12.0 Å². The molecule has 0 aromatic carbocycles. The summed E-state index contributed by atoms with van der Waals surface area (Å²) in [5, 5.41) is 0. The second-order valence-corrected chi connectivity index (χ2v) is 5.63. The third-order valence-electron chi connectivity index (χ3n) is 3.70. The molecule has 3 heteroatoms. The van der Waals surface area contributed by atoms with E-state index in [9.17, 15) is 4.79 Å². The Kier molecular flexibility index (Phi) is 6.01. The highest BCUT2D eigenvalue weighted by Gasteiger charge is 2.15. The van der Waals surface area contributed by atoms with Crippen molar-refractivity contribution in [2.75, 3.05) is 7.11 Å². The van der Waals surface area contributed by atoms with E-state index in [1.54, 1.807) is 13.8 Å². The van der Waals surface area contributed by atoms with Crippen LogP contribution >= 0.6 is 0 Å². The highest BCUT2D eigenvalue weighted by atomic mass is 16.6. The van der Waals surface area contributed by atoms with Gasteiger partial charge in [-0.2, -0.15) is 0 Å². The van der Waals surface area contributed by atoms with Crippen molar-refractivity contribution in [3.05, 3.63) is 44.8 Å². The second kappa shape index (κ2) is 7.30. The lowest BCUT2D eigenvalue weighted by Gasteiger charge is -2.10. The first-order valence-electron chi connectivity index (χ1n) is 7.37. The predicted molar refractivity (Wildman–Crippen MR) is 87.9 cm³/mol. The second-order valence-electron chi connectivity index (χ2n) is 5.63. The van der Waals surface area contributed by atoms with Gasteiger partial charge in [0.2, 0.25) is 0 Å². The Morgan fingerprint density at radius 2 is 1.90 bits per heavy atom. The molecule has 1 atom stereocenters.